The van der Waals surface area contributed by atoms with Crippen molar-refractivity contribution in [2.45, 2.75) is 6.54 Å². The summed E-state index contributed by atoms with van der Waals surface area (Å²) in [6.45, 7) is -0.222. The molecule has 0 radical (unpaired) electrons. The number of carbonyl (C=O) groups excluding carboxylic acids is 1. The lowest BCUT2D eigenvalue weighted by Gasteiger charge is -2.02. The van der Waals surface area contributed by atoms with Gasteiger partial charge in [0.15, 0.2) is 0 Å². The lowest BCUT2D eigenvalue weighted by atomic mass is 10.5. The third-order valence-electron chi connectivity index (χ3n) is 1.20. The Labute approximate surface area is 72.8 Å². The van der Waals surface area contributed by atoms with E-state index in [9.17, 15) is 9.59 Å². The minimum atomic E-state index is -0.620. The fraction of sp³-hybridized carbons (Fsp3) is 0.167. The highest BCUT2D eigenvalue weighted by Crippen LogP contribution is 2.00. The molecule has 64 valence electrons. The maximum atomic E-state index is 11.0. The zero-order chi connectivity index (χ0) is 9.14. The topological polar surface area (TPSA) is 78.0 Å². The Hall–Kier alpha value is -1.36. The largest absolute Gasteiger partial charge is 0.368 e. The molecule has 0 saturated heterocycles. The Morgan fingerprint density at radius 3 is 2.83 bits per heavy atom. The summed E-state index contributed by atoms with van der Waals surface area (Å²) in [7, 11) is 0. The molecule has 0 bridgehead atoms. The molecule has 0 aromatic carbocycles. The Kier molecular flexibility index (Phi) is 2.44. The fourth-order valence-corrected chi connectivity index (χ4v) is 0.916. The lowest BCUT2D eigenvalue weighted by molar-refractivity contribution is -0.118. The molecule has 2 N–H and O–H groups in total. The van der Waals surface area contributed by atoms with Gasteiger partial charge in [0.1, 0.15) is 11.7 Å². The zero-order valence-electron chi connectivity index (χ0n) is 6.03. The van der Waals surface area contributed by atoms with E-state index in [1.54, 1.807) is 0 Å². The van der Waals surface area contributed by atoms with Crippen LogP contribution in [0.25, 0.3) is 0 Å². The van der Waals surface area contributed by atoms with Crippen molar-refractivity contribution in [3.8, 4) is 0 Å². The summed E-state index contributed by atoms with van der Waals surface area (Å²) in [5, 5.41) is 0.0984. The number of halogens is 1. The molecule has 5 nitrogen and oxygen atoms in total. The molecule has 0 aliphatic rings. The first-order chi connectivity index (χ1) is 5.61. The summed E-state index contributed by atoms with van der Waals surface area (Å²) in [5.74, 6) is -0.620. The van der Waals surface area contributed by atoms with Gasteiger partial charge in [-0.2, -0.15) is 0 Å². The smallest absolute Gasteiger partial charge is 0.270 e. The van der Waals surface area contributed by atoms with Gasteiger partial charge in [-0.25, -0.2) is 0 Å². The van der Waals surface area contributed by atoms with Crippen LogP contribution in [0.1, 0.15) is 0 Å². The molecule has 1 aromatic heterocycles. The third-order valence-corrected chi connectivity index (χ3v) is 1.51. The van der Waals surface area contributed by atoms with E-state index in [-0.39, 0.29) is 11.7 Å². The molecule has 6 heteroatoms. The van der Waals surface area contributed by atoms with Crippen LogP contribution in [-0.2, 0) is 11.3 Å². The third kappa shape index (κ3) is 1.82. The first kappa shape index (κ1) is 8.73. The molecular formula is C6H6ClN3O2. The molecule has 1 rings (SSSR count). The van der Waals surface area contributed by atoms with Crippen LogP contribution < -0.4 is 11.3 Å². The van der Waals surface area contributed by atoms with Crippen molar-refractivity contribution >= 4 is 17.5 Å². The minimum Gasteiger partial charge on any atom is -0.368 e. The van der Waals surface area contributed by atoms with Crippen molar-refractivity contribution in [3.05, 3.63) is 27.9 Å². The van der Waals surface area contributed by atoms with Crippen molar-refractivity contribution in [2.75, 3.05) is 0 Å². The van der Waals surface area contributed by atoms with Gasteiger partial charge in [-0.1, -0.05) is 11.6 Å². The van der Waals surface area contributed by atoms with Crippen molar-refractivity contribution in [1.29, 1.82) is 0 Å². The summed E-state index contributed by atoms with van der Waals surface area (Å²) >= 11 is 5.57. The van der Waals surface area contributed by atoms with Gasteiger partial charge in [0.05, 0.1) is 12.4 Å². The monoisotopic (exact) mass is 187 g/mol. The van der Waals surface area contributed by atoms with Crippen LogP contribution >= 0.6 is 11.6 Å². The van der Waals surface area contributed by atoms with Crippen LogP contribution in [-0.4, -0.2) is 15.5 Å². The van der Waals surface area contributed by atoms with E-state index >= 15 is 0 Å². The highest BCUT2D eigenvalue weighted by atomic mass is 35.5. The summed E-state index contributed by atoms with van der Waals surface area (Å²) in [5.41, 5.74) is 4.44. The number of carbonyl (C=O) groups is 1. The van der Waals surface area contributed by atoms with E-state index in [1.165, 1.54) is 6.20 Å². The van der Waals surface area contributed by atoms with Crippen molar-refractivity contribution in [2.24, 2.45) is 5.73 Å². The summed E-state index contributed by atoms with van der Waals surface area (Å²) in [6.07, 6.45) is 2.33. The Morgan fingerprint density at radius 1 is 1.67 bits per heavy atom. The van der Waals surface area contributed by atoms with Gasteiger partial charge in [0.2, 0.25) is 5.91 Å². The number of aromatic nitrogens is 2. The summed E-state index contributed by atoms with van der Waals surface area (Å²) < 4.78 is 1.04. The Balaban J connectivity index is 3.13. The van der Waals surface area contributed by atoms with Gasteiger partial charge in [0.25, 0.3) is 5.56 Å². The van der Waals surface area contributed by atoms with Gasteiger partial charge < -0.3 is 5.73 Å². The SMILES string of the molecule is NC(=O)Cn1c(Cl)cncc1=O. The second-order valence-electron chi connectivity index (χ2n) is 2.12. The number of rotatable bonds is 2. The molecule has 1 amide bonds. The van der Waals surface area contributed by atoms with E-state index in [4.69, 9.17) is 17.3 Å². The molecule has 0 aliphatic heterocycles. The molecule has 0 fully saturated rings. The molecule has 1 heterocycles. The lowest BCUT2D eigenvalue weighted by Crippen LogP contribution is -2.28. The molecular weight excluding hydrogens is 182 g/mol. The molecule has 0 spiro atoms. The van der Waals surface area contributed by atoms with E-state index in [0.29, 0.717) is 0 Å². The van der Waals surface area contributed by atoms with Gasteiger partial charge in [-0.3, -0.25) is 19.1 Å². The molecule has 0 atom stereocenters. The van der Waals surface area contributed by atoms with Crippen molar-refractivity contribution in [1.82, 2.24) is 9.55 Å². The van der Waals surface area contributed by atoms with Gasteiger partial charge >= 0.3 is 0 Å². The first-order valence-corrected chi connectivity index (χ1v) is 3.47. The average molecular weight is 188 g/mol. The fourth-order valence-electron chi connectivity index (χ4n) is 0.716. The van der Waals surface area contributed by atoms with E-state index in [1.807, 2.05) is 0 Å². The van der Waals surface area contributed by atoms with E-state index in [2.05, 4.69) is 4.98 Å². The van der Waals surface area contributed by atoms with Crippen molar-refractivity contribution < 1.29 is 4.79 Å². The highest BCUT2D eigenvalue weighted by molar-refractivity contribution is 6.29. The highest BCUT2D eigenvalue weighted by Gasteiger charge is 2.03. The van der Waals surface area contributed by atoms with Crippen molar-refractivity contribution in [3.63, 3.8) is 0 Å². The minimum absolute atomic E-state index is 0.0984. The quantitative estimate of drug-likeness (QED) is 0.671. The zero-order valence-corrected chi connectivity index (χ0v) is 6.78. The van der Waals surface area contributed by atoms with Crippen LogP contribution in [0.15, 0.2) is 17.2 Å². The number of nitrogens with zero attached hydrogens (tertiary/aromatic N) is 2. The second-order valence-corrected chi connectivity index (χ2v) is 2.51. The van der Waals surface area contributed by atoms with Crippen LogP contribution in [0.2, 0.25) is 5.15 Å². The molecule has 12 heavy (non-hydrogen) atoms. The normalized spacial score (nSPS) is 9.75. The van der Waals surface area contributed by atoms with Gasteiger partial charge in [0, 0.05) is 0 Å². The number of hydrogen-bond donors (Lipinski definition) is 1. The van der Waals surface area contributed by atoms with Crippen LogP contribution in [0.5, 0.6) is 0 Å². The maximum absolute atomic E-state index is 11.0. The Morgan fingerprint density at radius 2 is 2.33 bits per heavy atom. The van der Waals surface area contributed by atoms with Crippen LogP contribution in [0.4, 0.5) is 0 Å². The molecule has 0 unspecified atom stereocenters. The first-order valence-electron chi connectivity index (χ1n) is 3.10. The number of amides is 1. The number of primary amides is 1. The molecule has 0 aliphatic carbocycles. The predicted molar refractivity (Wildman–Crippen MR) is 42.7 cm³/mol. The standard InChI is InChI=1S/C6H6ClN3O2/c7-4-1-9-2-6(12)10(4)3-5(8)11/h1-2H,3H2,(H2,8,11). The predicted octanol–water partition coefficient (Wildman–Crippen LogP) is -0.618. The van der Waals surface area contributed by atoms with Gasteiger partial charge in [-0.15, -0.1) is 0 Å². The molecule has 1 aromatic rings. The Bertz CT molecular complexity index is 360. The maximum Gasteiger partial charge on any atom is 0.270 e. The van der Waals surface area contributed by atoms with E-state index in [0.717, 1.165) is 10.8 Å². The number of hydrogen-bond acceptors (Lipinski definition) is 3. The van der Waals surface area contributed by atoms with Gasteiger partial charge in [-0.05, 0) is 0 Å². The van der Waals surface area contributed by atoms with Crippen LogP contribution in [0, 0.1) is 0 Å². The summed E-state index contributed by atoms with van der Waals surface area (Å²) in [6, 6.07) is 0. The number of nitrogens with two attached hydrogens (primary N) is 1. The average Bonchev–Trinajstić information content (AvgIpc) is 1.97. The molecule has 0 saturated carbocycles. The van der Waals surface area contributed by atoms with E-state index < -0.39 is 11.5 Å². The summed E-state index contributed by atoms with van der Waals surface area (Å²) in [4.78, 5) is 25.0. The van der Waals surface area contributed by atoms with Crippen LogP contribution in [0.3, 0.4) is 0 Å². The second kappa shape index (κ2) is 3.36.